The van der Waals surface area contributed by atoms with Crippen molar-refractivity contribution in [2.24, 2.45) is 0 Å². The fourth-order valence-electron chi connectivity index (χ4n) is 18.0. The Bertz CT molecular complexity index is 3900. The molecular formula is C77H128N4O59. The zero-order valence-electron chi connectivity index (χ0n) is 74.6. The first-order chi connectivity index (χ1) is 66.1. The van der Waals surface area contributed by atoms with Gasteiger partial charge in [0.05, 0.1) is 78.8 Å². The van der Waals surface area contributed by atoms with Crippen LogP contribution in [-0.4, -0.2) is 614 Å². The number of hydrogen-bond donors (Lipinski definition) is 37. The molecule has 11 saturated heterocycles. The van der Waals surface area contributed by atoms with Gasteiger partial charge < -0.3 is 289 Å². The second-order valence-electron chi connectivity index (χ2n) is 35.2. The lowest BCUT2D eigenvalue weighted by molar-refractivity contribution is -0.399. The number of ether oxygens (including phenoxy) is 21. The fraction of sp³-hybridized carbons (Fsp3) is 0.935. The van der Waals surface area contributed by atoms with Crippen LogP contribution in [0.3, 0.4) is 0 Å². The zero-order chi connectivity index (χ0) is 103. The van der Waals surface area contributed by atoms with E-state index in [0.29, 0.717) is 0 Å². The lowest BCUT2D eigenvalue weighted by Crippen LogP contribution is -2.71. The molecule has 11 heterocycles. The van der Waals surface area contributed by atoms with Crippen LogP contribution < -0.4 is 21.3 Å². The number of rotatable bonds is 38. The highest BCUT2D eigenvalue weighted by molar-refractivity contribution is 5.76. The molecule has 0 aliphatic carbocycles. The molecule has 4 amide bonds. The third-order valence-corrected chi connectivity index (χ3v) is 25.6. The van der Waals surface area contributed by atoms with Gasteiger partial charge in [0.15, 0.2) is 62.9 Å². The largest absolute Gasteiger partial charge is 0.477 e. The van der Waals surface area contributed by atoms with E-state index in [2.05, 4.69) is 21.3 Å². The minimum Gasteiger partial charge on any atom is -0.477 e. The smallest absolute Gasteiger partial charge is 0.364 e. The van der Waals surface area contributed by atoms with E-state index in [1.807, 2.05) is 0 Å². The number of hydrogen-bond acceptors (Lipinski definition) is 58. The Morgan fingerprint density at radius 3 is 0.964 bits per heavy atom. The van der Waals surface area contributed by atoms with E-state index in [-0.39, 0.29) is 0 Å². The molecular weight excluding hydrogens is 1920 g/mol. The number of carbonyl (C=O) groups is 5. The topological polar surface area (TPSA) is 995 Å². The molecule has 0 saturated carbocycles. The van der Waals surface area contributed by atoms with Gasteiger partial charge in [0.25, 0.3) is 5.79 Å². The summed E-state index contributed by atoms with van der Waals surface area (Å²) >= 11 is 0. The first-order valence-corrected chi connectivity index (χ1v) is 44.3. The number of nitrogens with one attached hydrogen (secondary N) is 4. The van der Waals surface area contributed by atoms with Crippen molar-refractivity contribution in [3.05, 3.63) is 0 Å². The first kappa shape index (κ1) is 116. The van der Waals surface area contributed by atoms with E-state index in [4.69, 9.17) is 99.5 Å². The minimum absolute atomic E-state index is 0.827. The van der Waals surface area contributed by atoms with Crippen molar-refractivity contribution in [3.8, 4) is 0 Å². The van der Waals surface area contributed by atoms with Gasteiger partial charge in [-0.25, -0.2) is 4.79 Å². The molecule has 0 bridgehead atoms. The molecule has 63 heteroatoms. The number of carboxylic acids is 1. The van der Waals surface area contributed by atoms with Gasteiger partial charge in [-0.3, -0.25) is 19.2 Å². The number of amides is 4. The summed E-state index contributed by atoms with van der Waals surface area (Å²) in [5.41, 5.74) is 0. The molecule has 11 aliphatic heterocycles. The van der Waals surface area contributed by atoms with E-state index in [0.717, 1.165) is 27.7 Å². The van der Waals surface area contributed by atoms with Crippen LogP contribution in [0.4, 0.5) is 0 Å². The Hall–Kier alpha value is -4.77. The molecule has 11 fully saturated rings. The average Bonchev–Trinajstić information content (AvgIpc) is 0.771. The number of carbonyl (C=O) groups excluding carboxylic acids is 4. The van der Waals surface area contributed by atoms with Gasteiger partial charge in [0.1, 0.15) is 268 Å². The van der Waals surface area contributed by atoms with Gasteiger partial charge in [0.2, 0.25) is 23.6 Å². The maximum atomic E-state index is 13.3. The van der Waals surface area contributed by atoms with Crippen molar-refractivity contribution in [1.82, 2.24) is 21.3 Å². The molecule has 11 rings (SSSR count). The second-order valence-corrected chi connectivity index (χ2v) is 35.2. The van der Waals surface area contributed by atoms with Crippen LogP contribution in [0.1, 0.15) is 34.1 Å². The first-order valence-electron chi connectivity index (χ1n) is 44.3. The summed E-state index contributed by atoms with van der Waals surface area (Å²) in [7, 11) is 0. The number of aliphatic hydroxyl groups excluding tert-OH is 32. The molecule has 0 unspecified atom stereocenters. The van der Waals surface area contributed by atoms with Gasteiger partial charge >= 0.3 is 5.97 Å². The summed E-state index contributed by atoms with van der Waals surface area (Å²) < 4.78 is 124. The summed E-state index contributed by atoms with van der Waals surface area (Å²) in [6.07, 6.45) is -114. The maximum Gasteiger partial charge on any atom is 0.364 e. The highest BCUT2D eigenvalue weighted by atomic mass is 16.8. The van der Waals surface area contributed by atoms with Crippen molar-refractivity contribution in [2.45, 2.75) is 377 Å². The second kappa shape index (κ2) is 50.0. The number of aliphatic carboxylic acids is 1. The summed E-state index contributed by atoms with van der Waals surface area (Å²) in [6.45, 7) is -9.54. The van der Waals surface area contributed by atoms with Crippen molar-refractivity contribution in [2.75, 3.05) is 72.7 Å². The van der Waals surface area contributed by atoms with Gasteiger partial charge in [-0.15, -0.1) is 0 Å². The average molecular weight is 2050 g/mol. The van der Waals surface area contributed by atoms with Crippen LogP contribution in [-0.2, 0) is 123 Å². The molecule has 63 nitrogen and oxygen atoms in total. The van der Waals surface area contributed by atoms with Crippen LogP contribution in [0, 0.1) is 0 Å². The molecule has 11 aliphatic rings. The number of carboxylic acid groups (broad SMARTS) is 1. The molecule has 0 aromatic rings. The monoisotopic (exact) mass is 2050 g/mol. The lowest BCUT2D eigenvalue weighted by Gasteiger charge is -2.51. The van der Waals surface area contributed by atoms with E-state index in [1.165, 1.54) is 0 Å². The number of aliphatic hydroxyl groups is 32. The fourth-order valence-corrected chi connectivity index (χ4v) is 18.0. The van der Waals surface area contributed by atoms with Gasteiger partial charge in [-0.05, 0) is 0 Å². The Morgan fingerprint density at radius 1 is 0.293 bits per heavy atom. The van der Waals surface area contributed by atoms with Crippen LogP contribution in [0.25, 0.3) is 0 Å². The van der Waals surface area contributed by atoms with Crippen LogP contribution in [0.2, 0.25) is 0 Å². The molecule has 0 aromatic heterocycles. The molecule has 0 aromatic carbocycles. The minimum atomic E-state index is -3.12. The van der Waals surface area contributed by atoms with Crippen LogP contribution in [0.5, 0.6) is 0 Å². The van der Waals surface area contributed by atoms with E-state index in [9.17, 15) is 192 Å². The Morgan fingerprint density at radius 2 is 0.579 bits per heavy atom. The van der Waals surface area contributed by atoms with Gasteiger partial charge in [-0.2, -0.15) is 0 Å². The standard InChI is InChI=1S/C77H128N4O59/c1-17(91)78-33-45(105)57(27(11-87)122-66(33)117)132-67-34(79-18(2)92)46(106)60(29(13-89)127-67)135-73-56(116)62(44(104)31(130-73)15-120-74-64(51(111)40(100)24(8-84)125-74)138-68-35(80-19(3)93)48(108)59(30(14-90)128-68)134-72-55(115)61(43(103)26(10-86)124-72)136-70-53(113)49(109)39(99)23(7-83)123-70)137-75-65(52(112)41(101)25(9-85)126-75)139-69-36(81-20(4)94)47(107)58(28(12-88)129-69)133-71-54(114)50(110)42(102)32(131-71)16-121-77(76(118)119)5-21(95)37(97)63(140-77)38(98)22(96)6-82/h21-75,82-90,95-117H,5-16H2,1-4H3,(H,78,91)(H,79,92)(H,80,93)(H,81,94)(H,118,119)/t21-,22+,23+,24+,25+,26+,27+,28+,29+,30+,31+,32+,33+,34+,35+,36+,37+,38+,39-,40+,41+,42-,43-,44+,45+,46+,47+,48+,49-,50-,51-,52-,53+,54+,55+,56-,57+,58+,59+,60+,61-,62-,63+,64-,65-,66+,67-,68-,69-,70+,71-,72-,73-,74-,75+,77+/m0/s1. The van der Waals surface area contributed by atoms with Crippen molar-refractivity contribution in [1.29, 1.82) is 0 Å². The van der Waals surface area contributed by atoms with E-state index in [1.54, 1.807) is 0 Å². The molecule has 810 valence electrons. The Labute approximate surface area is 790 Å². The highest BCUT2D eigenvalue weighted by Gasteiger charge is 2.64. The zero-order valence-corrected chi connectivity index (χ0v) is 74.6. The lowest BCUT2D eigenvalue weighted by atomic mass is 9.90. The van der Waals surface area contributed by atoms with Crippen LogP contribution >= 0.6 is 0 Å². The Balaban J connectivity index is 0.893. The van der Waals surface area contributed by atoms with Gasteiger partial charge in [-0.1, -0.05) is 0 Å². The normalized spacial score (nSPS) is 48.6. The third-order valence-electron chi connectivity index (χ3n) is 25.6. The predicted octanol–water partition coefficient (Wildman–Crippen LogP) is -25.2. The summed E-state index contributed by atoms with van der Waals surface area (Å²) in [5.74, 6) is -9.12. The SMILES string of the molecule is CC(=O)N[C@@H]1[C@@H](O)[C@H](O[C@@H]2O[C@H](CO)[C@@H](O[C@@H]3O[C@H](CO[C@H]4O[C@H](CO)[C@@H](O)[C@H](O)[C@@H]4O[C@@H]4O[C@H](CO)[C@@H](O[C@@H]5O[C@H](CO)[C@H](O)[C@H](O[C@H]6O[C@H](CO)[C@H](O)[C@H](O)[C@H]6O)[C@H]5O)[C@H](O)[C@H]4NC(C)=O)[C@@H](O)[C@H](O[C@H]4O[C@H](CO)[C@@H](O)[C@H](O)[C@@H]4O[C@@H]4O[C@H](CO)[C@@H](O[C@@H]5O[C@H](CO[C@]6(C(=O)O)C[C@H](O)[C@@H](O)[C@H]([C@H](O)[C@H](O)CO)O6)[C@H](O)[C@H](O)[C@H]5O)[C@H](O)[C@H]4NC(C)=O)[C@@H]3O)[C@H](O)[C@H]2NC(C)=O)[C@@H](CO)O[C@H]1O. The van der Waals surface area contributed by atoms with Crippen molar-refractivity contribution >= 4 is 29.6 Å². The summed E-state index contributed by atoms with van der Waals surface area (Å²) in [4.78, 5) is 64.7. The Kier molecular flexibility index (Phi) is 41.3. The van der Waals surface area contributed by atoms with Gasteiger partial charge in [0, 0.05) is 34.1 Å². The summed E-state index contributed by atoms with van der Waals surface area (Å²) in [5, 5.41) is 377. The predicted molar refractivity (Wildman–Crippen MR) is 426 cm³/mol. The van der Waals surface area contributed by atoms with E-state index >= 15 is 0 Å². The third kappa shape index (κ3) is 25.2. The van der Waals surface area contributed by atoms with Crippen LogP contribution in [0.15, 0.2) is 0 Å². The molecule has 0 spiro atoms. The van der Waals surface area contributed by atoms with Crippen molar-refractivity contribution in [3.63, 3.8) is 0 Å². The van der Waals surface area contributed by atoms with E-state index < -0.39 is 452 Å². The maximum absolute atomic E-state index is 13.3. The highest BCUT2D eigenvalue weighted by Crippen LogP contribution is 2.43. The molecule has 140 heavy (non-hydrogen) atoms. The summed E-state index contributed by atoms with van der Waals surface area (Å²) in [6, 6.07) is -7.91. The molecule has 56 atom stereocenters. The quantitative estimate of drug-likeness (QED) is 0.0273. The molecule has 0 radical (unpaired) electrons. The molecule has 37 N–H and O–H groups in total. The van der Waals surface area contributed by atoms with Crippen molar-refractivity contribution < 1.29 is 292 Å².